The van der Waals surface area contributed by atoms with E-state index in [1.165, 1.54) is 0 Å². The highest BCUT2D eigenvalue weighted by atomic mass is 16.7. The topological polar surface area (TPSA) is 231 Å². The summed E-state index contributed by atoms with van der Waals surface area (Å²) in [6, 6.07) is 0. The fourth-order valence-corrected chi connectivity index (χ4v) is 4.31. The molecule has 0 saturated carbocycles. The third-order valence-corrected chi connectivity index (χ3v) is 6.81. The Morgan fingerprint density at radius 1 is 0.683 bits per heavy atom. The van der Waals surface area contributed by atoms with Crippen LogP contribution in [-0.4, -0.2) is 142 Å². The first-order chi connectivity index (χ1) is 19.5. The normalized spacial score (nSPS) is 34.7. The van der Waals surface area contributed by atoms with Gasteiger partial charge in [0, 0.05) is 12.8 Å². The summed E-state index contributed by atoms with van der Waals surface area (Å²) in [5, 5.41) is 70.4. The van der Waals surface area contributed by atoms with E-state index in [9.17, 15) is 45.3 Å². The van der Waals surface area contributed by atoms with Crippen molar-refractivity contribution < 1.29 is 73.8 Å². The number of carbonyl (C=O) groups excluding carboxylic acids is 2. The molecule has 11 atom stereocenters. The predicted molar refractivity (Wildman–Crippen MR) is 137 cm³/mol. The van der Waals surface area contributed by atoms with Crippen LogP contribution in [0, 0.1) is 0 Å². The zero-order valence-electron chi connectivity index (χ0n) is 23.5. The van der Waals surface area contributed by atoms with Gasteiger partial charge in [-0.2, -0.15) is 0 Å². The summed E-state index contributed by atoms with van der Waals surface area (Å²) in [4.78, 5) is 24.2. The maximum atomic E-state index is 12.1. The van der Waals surface area contributed by atoms with Crippen molar-refractivity contribution in [1.29, 1.82) is 0 Å². The Kier molecular flexibility index (Phi) is 15.9. The number of aliphatic hydroxyl groups is 7. The minimum absolute atomic E-state index is 0.117. The Hall–Kier alpha value is -1.50. The second-order valence-corrected chi connectivity index (χ2v) is 10.2. The van der Waals surface area contributed by atoms with Gasteiger partial charge in [-0.25, -0.2) is 0 Å². The van der Waals surface area contributed by atoms with E-state index in [0.717, 1.165) is 19.3 Å². The average Bonchev–Trinajstić information content (AvgIpc) is 2.95. The third kappa shape index (κ3) is 10.9. The fraction of sp³-hybridized carbons (Fsp3) is 0.923. The van der Waals surface area contributed by atoms with Crippen LogP contribution >= 0.6 is 0 Å². The lowest BCUT2D eigenvalue weighted by atomic mass is 9.98. The molecule has 0 aromatic heterocycles. The standard InChI is InChI=1S/C26H46O15/c1-3-5-6-7-9-17(28)36-11-14(39-18(29)8-4-2)12-37-25-24(35)22(33)20(31)16(41-25)13-38-26-23(34)21(32)19(30)15(10-27)40-26/h14-16,19-27,30-35H,3-13H2,1-2H3/t14-,15-,16-,19+,20+,21+,22+,23-,24-,25-,26+/m1/s1. The number of hydrogen-bond donors (Lipinski definition) is 7. The molecule has 15 nitrogen and oxygen atoms in total. The largest absolute Gasteiger partial charge is 0.462 e. The summed E-state index contributed by atoms with van der Waals surface area (Å²) < 4.78 is 32.3. The quantitative estimate of drug-likeness (QED) is 0.0699. The van der Waals surface area contributed by atoms with E-state index in [2.05, 4.69) is 6.92 Å². The van der Waals surface area contributed by atoms with Crippen LogP contribution in [0.3, 0.4) is 0 Å². The van der Waals surface area contributed by atoms with Gasteiger partial charge in [-0.15, -0.1) is 0 Å². The van der Waals surface area contributed by atoms with Crippen LogP contribution in [0.25, 0.3) is 0 Å². The number of carbonyl (C=O) groups is 2. The Balaban J connectivity index is 1.96. The van der Waals surface area contributed by atoms with Gasteiger partial charge in [0.1, 0.15) is 55.4 Å². The molecule has 2 aliphatic rings. The first kappa shape index (κ1) is 35.7. The summed E-state index contributed by atoms with van der Waals surface area (Å²) in [5.41, 5.74) is 0. The second kappa shape index (κ2) is 18.2. The zero-order valence-corrected chi connectivity index (χ0v) is 23.5. The molecular formula is C26H46O15. The van der Waals surface area contributed by atoms with Crippen molar-refractivity contribution in [2.45, 2.75) is 126 Å². The van der Waals surface area contributed by atoms with Crippen molar-refractivity contribution in [2.75, 3.05) is 26.4 Å². The van der Waals surface area contributed by atoms with Crippen LogP contribution in [0.4, 0.5) is 0 Å². The number of aliphatic hydroxyl groups excluding tert-OH is 7. The molecule has 0 amide bonds. The van der Waals surface area contributed by atoms with Gasteiger partial charge in [0.2, 0.25) is 0 Å². The number of hydrogen-bond acceptors (Lipinski definition) is 15. The molecule has 41 heavy (non-hydrogen) atoms. The van der Waals surface area contributed by atoms with Crippen LogP contribution in [0.1, 0.15) is 58.8 Å². The van der Waals surface area contributed by atoms with Gasteiger partial charge in [0.05, 0.1) is 19.8 Å². The summed E-state index contributed by atoms with van der Waals surface area (Å²) in [7, 11) is 0. The molecule has 7 N–H and O–H groups in total. The van der Waals surface area contributed by atoms with Crippen molar-refractivity contribution in [3.8, 4) is 0 Å². The molecular weight excluding hydrogens is 552 g/mol. The molecule has 2 saturated heterocycles. The molecule has 0 aromatic rings. The monoisotopic (exact) mass is 598 g/mol. The van der Waals surface area contributed by atoms with E-state index in [1.807, 2.05) is 0 Å². The van der Waals surface area contributed by atoms with Crippen LogP contribution in [-0.2, 0) is 38.0 Å². The van der Waals surface area contributed by atoms with Crippen LogP contribution in [0.15, 0.2) is 0 Å². The highest BCUT2D eigenvalue weighted by molar-refractivity contribution is 5.70. The minimum Gasteiger partial charge on any atom is -0.462 e. The zero-order chi connectivity index (χ0) is 30.5. The lowest BCUT2D eigenvalue weighted by molar-refractivity contribution is -0.332. The predicted octanol–water partition coefficient (Wildman–Crippen LogP) is -2.15. The van der Waals surface area contributed by atoms with Crippen molar-refractivity contribution in [3.05, 3.63) is 0 Å². The van der Waals surface area contributed by atoms with E-state index in [0.29, 0.717) is 12.8 Å². The smallest absolute Gasteiger partial charge is 0.306 e. The highest BCUT2D eigenvalue weighted by Crippen LogP contribution is 2.26. The number of ether oxygens (including phenoxy) is 6. The van der Waals surface area contributed by atoms with Crippen LogP contribution < -0.4 is 0 Å². The Morgan fingerprint density at radius 3 is 1.90 bits per heavy atom. The Morgan fingerprint density at radius 2 is 1.29 bits per heavy atom. The molecule has 0 aromatic carbocycles. The summed E-state index contributed by atoms with van der Waals surface area (Å²) in [5.74, 6) is -1.01. The van der Waals surface area contributed by atoms with Gasteiger partial charge >= 0.3 is 11.9 Å². The van der Waals surface area contributed by atoms with Crippen molar-refractivity contribution >= 4 is 11.9 Å². The lowest BCUT2D eigenvalue weighted by Gasteiger charge is -2.42. The first-order valence-corrected chi connectivity index (χ1v) is 14.1. The summed E-state index contributed by atoms with van der Waals surface area (Å²) >= 11 is 0. The van der Waals surface area contributed by atoms with Gasteiger partial charge in [-0.1, -0.05) is 33.1 Å². The van der Waals surface area contributed by atoms with Gasteiger partial charge in [-0.3, -0.25) is 9.59 Å². The molecule has 2 aliphatic heterocycles. The van der Waals surface area contributed by atoms with Gasteiger partial charge < -0.3 is 64.2 Å². The fourth-order valence-electron chi connectivity index (χ4n) is 4.31. The van der Waals surface area contributed by atoms with Gasteiger partial charge in [-0.05, 0) is 12.8 Å². The third-order valence-electron chi connectivity index (χ3n) is 6.81. The minimum atomic E-state index is -1.75. The average molecular weight is 599 g/mol. The van der Waals surface area contributed by atoms with E-state index < -0.39 is 92.7 Å². The van der Waals surface area contributed by atoms with Crippen molar-refractivity contribution in [2.24, 2.45) is 0 Å². The molecule has 2 rings (SSSR count). The Bertz CT molecular complexity index is 767. The SMILES string of the molecule is CCCCCCC(=O)OC[C@H](CO[C@@H]1O[C@H](CO[C@H]2O[C@H](CO)[C@H](O)[C@H](O)[C@H]2O)[C@H](O)[C@H](O)[C@H]1O)OC(=O)CCC. The molecule has 0 radical (unpaired) electrons. The molecule has 2 heterocycles. The van der Waals surface area contributed by atoms with E-state index >= 15 is 0 Å². The van der Waals surface area contributed by atoms with Crippen molar-refractivity contribution in [1.82, 2.24) is 0 Å². The molecule has 0 aliphatic carbocycles. The molecule has 0 bridgehead atoms. The van der Waals surface area contributed by atoms with Gasteiger partial charge in [0.15, 0.2) is 18.7 Å². The van der Waals surface area contributed by atoms with E-state index in [1.54, 1.807) is 6.92 Å². The van der Waals surface area contributed by atoms with Gasteiger partial charge in [0.25, 0.3) is 0 Å². The molecule has 0 spiro atoms. The summed E-state index contributed by atoms with van der Waals surface area (Å²) in [6.45, 7) is 1.94. The highest BCUT2D eigenvalue weighted by Gasteiger charge is 2.47. The molecule has 0 unspecified atom stereocenters. The molecule has 15 heteroatoms. The van der Waals surface area contributed by atoms with E-state index in [-0.39, 0.29) is 26.1 Å². The molecule has 2 fully saturated rings. The summed E-state index contributed by atoms with van der Waals surface area (Å²) in [6.07, 6.45) is -12.4. The van der Waals surface area contributed by atoms with Crippen LogP contribution in [0.5, 0.6) is 0 Å². The Labute approximate surface area is 238 Å². The second-order valence-electron chi connectivity index (χ2n) is 10.2. The maximum Gasteiger partial charge on any atom is 0.306 e. The first-order valence-electron chi connectivity index (χ1n) is 14.1. The molecule has 240 valence electrons. The number of unbranched alkanes of at least 4 members (excludes halogenated alkanes) is 3. The number of esters is 2. The van der Waals surface area contributed by atoms with E-state index in [4.69, 9.17) is 28.4 Å². The maximum absolute atomic E-state index is 12.1. The number of rotatable bonds is 17. The van der Waals surface area contributed by atoms with Crippen LogP contribution in [0.2, 0.25) is 0 Å². The lowest BCUT2D eigenvalue weighted by Crippen LogP contribution is -2.61. The van der Waals surface area contributed by atoms with Crippen molar-refractivity contribution in [3.63, 3.8) is 0 Å².